The lowest BCUT2D eigenvalue weighted by molar-refractivity contribution is 0.318. The molecule has 3 heterocycles. The Morgan fingerprint density at radius 3 is 3.06 bits per heavy atom. The van der Waals surface area contributed by atoms with Crippen LogP contribution >= 0.6 is 15.9 Å². The van der Waals surface area contributed by atoms with Gasteiger partial charge in [-0.05, 0) is 60.8 Å². The van der Waals surface area contributed by atoms with Gasteiger partial charge in [-0.25, -0.2) is 4.98 Å². The van der Waals surface area contributed by atoms with Gasteiger partial charge in [0.05, 0.1) is 11.4 Å². The third-order valence-electron chi connectivity index (χ3n) is 4.00. The van der Waals surface area contributed by atoms with E-state index in [-0.39, 0.29) is 0 Å². The fourth-order valence-corrected chi connectivity index (χ4v) is 3.53. The van der Waals surface area contributed by atoms with E-state index in [1.807, 2.05) is 6.07 Å². The second-order valence-corrected chi connectivity index (χ2v) is 5.86. The average Bonchev–Trinajstić information content (AvgIpc) is 2.86. The summed E-state index contributed by atoms with van der Waals surface area (Å²) in [6.45, 7) is 4.61. The van der Waals surface area contributed by atoms with E-state index in [9.17, 15) is 0 Å². The number of aryl methyl sites for hydroxylation is 1. The van der Waals surface area contributed by atoms with Gasteiger partial charge in [-0.3, -0.25) is 4.90 Å². The van der Waals surface area contributed by atoms with Crippen molar-refractivity contribution >= 4 is 21.6 Å². The molecule has 0 aromatic carbocycles. The molecule has 2 atom stereocenters. The number of aromatic nitrogens is 1. The number of nitrogens with zero attached hydrogens (tertiary/aromatic N) is 2. The molecule has 0 amide bonds. The van der Waals surface area contributed by atoms with Crippen molar-refractivity contribution in [2.24, 2.45) is 0 Å². The first kappa shape index (κ1) is 11.5. The summed E-state index contributed by atoms with van der Waals surface area (Å²) in [5.41, 5.74) is 2.27. The van der Waals surface area contributed by atoms with Crippen LogP contribution in [-0.4, -0.2) is 35.1 Å². The van der Waals surface area contributed by atoms with E-state index < -0.39 is 0 Å². The van der Waals surface area contributed by atoms with Crippen LogP contribution in [0.25, 0.3) is 0 Å². The van der Waals surface area contributed by atoms with Crippen LogP contribution in [0.4, 0.5) is 5.69 Å². The number of pyridine rings is 1. The van der Waals surface area contributed by atoms with Crippen LogP contribution in [0.15, 0.2) is 16.7 Å². The zero-order valence-electron chi connectivity index (χ0n) is 10.1. The maximum absolute atomic E-state index is 4.44. The smallest absolute Gasteiger partial charge is 0.106 e. The highest BCUT2D eigenvalue weighted by Crippen LogP contribution is 2.30. The van der Waals surface area contributed by atoms with Crippen LogP contribution < -0.4 is 5.32 Å². The van der Waals surface area contributed by atoms with Crippen LogP contribution in [-0.2, 0) is 0 Å². The summed E-state index contributed by atoms with van der Waals surface area (Å²) in [5, 5.41) is 3.68. The van der Waals surface area contributed by atoms with Gasteiger partial charge in [0.1, 0.15) is 4.60 Å². The highest BCUT2D eigenvalue weighted by molar-refractivity contribution is 9.10. The minimum Gasteiger partial charge on any atom is -0.379 e. The first-order valence-electron chi connectivity index (χ1n) is 6.38. The zero-order chi connectivity index (χ0) is 11.8. The lowest BCUT2D eigenvalue weighted by Crippen LogP contribution is -2.33. The molecule has 0 saturated carbocycles. The Morgan fingerprint density at radius 1 is 1.35 bits per heavy atom. The third-order valence-corrected chi connectivity index (χ3v) is 4.44. The van der Waals surface area contributed by atoms with Crippen molar-refractivity contribution in [3.63, 3.8) is 0 Å². The summed E-state index contributed by atoms with van der Waals surface area (Å²) in [6.07, 6.45) is 3.97. The summed E-state index contributed by atoms with van der Waals surface area (Å²) in [5.74, 6) is 0. The van der Waals surface area contributed by atoms with E-state index in [4.69, 9.17) is 0 Å². The molecule has 2 fully saturated rings. The number of anilines is 1. The quantitative estimate of drug-likeness (QED) is 0.851. The van der Waals surface area contributed by atoms with E-state index in [1.165, 1.54) is 38.0 Å². The molecular formula is C13H18BrN3. The van der Waals surface area contributed by atoms with Crippen molar-refractivity contribution in [3.05, 3.63) is 22.4 Å². The molecule has 17 heavy (non-hydrogen) atoms. The standard InChI is InChI=1S/C13H18BrN3/c1-9-10(4-5-13(14)15-9)16-11-6-8-17-7-2-3-12(11)17/h4-5,11-12,16H,2-3,6-8H2,1H3. The van der Waals surface area contributed by atoms with Crippen LogP contribution in [0.3, 0.4) is 0 Å². The lowest BCUT2D eigenvalue weighted by Gasteiger charge is -2.22. The molecule has 1 aromatic heterocycles. The van der Waals surface area contributed by atoms with E-state index in [1.54, 1.807) is 0 Å². The van der Waals surface area contributed by atoms with Crippen molar-refractivity contribution in [3.8, 4) is 0 Å². The first-order chi connectivity index (χ1) is 8.24. The van der Waals surface area contributed by atoms with Gasteiger partial charge in [0.25, 0.3) is 0 Å². The predicted octanol–water partition coefficient (Wildman–Crippen LogP) is 2.80. The molecule has 0 spiro atoms. The molecule has 92 valence electrons. The molecule has 3 rings (SSSR count). The molecule has 1 N–H and O–H groups in total. The summed E-state index contributed by atoms with van der Waals surface area (Å²) in [4.78, 5) is 7.07. The van der Waals surface area contributed by atoms with Crippen molar-refractivity contribution in [2.75, 3.05) is 18.4 Å². The Hall–Kier alpha value is -0.610. The summed E-state index contributed by atoms with van der Waals surface area (Å²) in [6, 6.07) is 5.50. The number of rotatable bonds is 2. The molecule has 2 aliphatic rings. The molecular weight excluding hydrogens is 278 g/mol. The Balaban J connectivity index is 1.74. The first-order valence-corrected chi connectivity index (χ1v) is 7.17. The summed E-state index contributed by atoms with van der Waals surface area (Å²) >= 11 is 3.41. The maximum atomic E-state index is 4.44. The highest BCUT2D eigenvalue weighted by Gasteiger charge is 2.37. The van der Waals surface area contributed by atoms with Crippen molar-refractivity contribution in [2.45, 2.75) is 38.3 Å². The fraction of sp³-hybridized carbons (Fsp3) is 0.615. The molecule has 4 heteroatoms. The van der Waals surface area contributed by atoms with Gasteiger partial charge >= 0.3 is 0 Å². The van der Waals surface area contributed by atoms with Gasteiger partial charge in [0, 0.05) is 18.6 Å². The fourth-order valence-electron chi connectivity index (χ4n) is 3.13. The molecule has 2 saturated heterocycles. The highest BCUT2D eigenvalue weighted by atomic mass is 79.9. The molecule has 2 aliphatic heterocycles. The van der Waals surface area contributed by atoms with E-state index in [0.717, 1.165) is 16.3 Å². The Kier molecular flexibility index (Phi) is 3.09. The number of nitrogens with one attached hydrogen (secondary N) is 1. The van der Waals surface area contributed by atoms with Gasteiger partial charge in [-0.15, -0.1) is 0 Å². The molecule has 1 aromatic rings. The Labute approximate surface area is 111 Å². The van der Waals surface area contributed by atoms with Crippen LogP contribution in [0.1, 0.15) is 25.0 Å². The number of halogens is 1. The lowest BCUT2D eigenvalue weighted by atomic mass is 10.1. The monoisotopic (exact) mass is 295 g/mol. The van der Waals surface area contributed by atoms with Crippen LogP contribution in [0.5, 0.6) is 0 Å². The normalized spacial score (nSPS) is 28.4. The molecule has 2 unspecified atom stereocenters. The maximum Gasteiger partial charge on any atom is 0.106 e. The second kappa shape index (κ2) is 4.58. The molecule has 3 nitrogen and oxygen atoms in total. The number of hydrogen-bond donors (Lipinski definition) is 1. The topological polar surface area (TPSA) is 28.2 Å². The zero-order valence-corrected chi connectivity index (χ0v) is 11.7. The van der Waals surface area contributed by atoms with Gasteiger partial charge < -0.3 is 5.32 Å². The Bertz CT molecular complexity index is 421. The molecule has 0 aliphatic carbocycles. The largest absolute Gasteiger partial charge is 0.379 e. The van der Waals surface area contributed by atoms with Gasteiger partial charge in [0.15, 0.2) is 0 Å². The van der Waals surface area contributed by atoms with E-state index >= 15 is 0 Å². The molecule has 0 bridgehead atoms. The number of fused-ring (bicyclic) bond motifs is 1. The second-order valence-electron chi connectivity index (χ2n) is 5.05. The average molecular weight is 296 g/mol. The predicted molar refractivity (Wildman–Crippen MR) is 73.3 cm³/mol. The van der Waals surface area contributed by atoms with E-state index in [2.05, 4.69) is 44.1 Å². The van der Waals surface area contributed by atoms with Gasteiger partial charge in [-0.1, -0.05) is 0 Å². The van der Waals surface area contributed by atoms with Gasteiger partial charge in [-0.2, -0.15) is 0 Å². The Morgan fingerprint density at radius 2 is 2.24 bits per heavy atom. The summed E-state index contributed by atoms with van der Waals surface area (Å²) < 4.78 is 0.912. The third kappa shape index (κ3) is 2.20. The van der Waals surface area contributed by atoms with Crippen molar-refractivity contribution in [1.29, 1.82) is 0 Å². The SMILES string of the molecule is Cc1nc(Br)ccc1NC1CCN2CCCC12. The number of hydrogen-bond acceptors (Lipinski definition) is 3. The van der Waals surface area contributed by atoms with Crippen LogP contribution in [0, 0.1) is 6.92 Å². The van der Waals surface area contributed by atoms with Crippen molar-refractivity contribution < 1.29 is 0 Å². The summed E-state index contributed by atoms with van der Waals surface area (Å²) in [7, 11) is 0. The molecule has 0 radical (unpaired) electrons. The van der Waals surface area contributed by atoms with Crippen LogP contribution in [0.2, 0.25) is 0 Å². The van der Waals surface area contributed by atoms with Crippen molar-refractivity contribution in [1.82, 2.24) is 9.88 Å². The van der Waals surface area contributed by atoms with Gasteiger partial charge in [0.2, 0.25) is 0 Å². The minimum atomic E-state index is 0.610. The minimum absolute atomic E-state index is 0.610. The van der Waals surface area contributed by atoms with E-state index in [0.29, 0.717) is 6.04 Å².